The third kappa shape index (κ3) is 3.34. The van der Waals surface area contributed by atoms with Gasteiger partial charge in [-0.3, -0.25) is 0 Å². The Morgan fingerprint density at radius 2 is 1.74 bits per heavy atom. The highest BCUT2D eigenvalue weighted by Crippen LogP contribution is 2.47. The van der Waals surface area contributed by atoms with Crippen LogP contribution in [0.25, 0.3) is 0 Å². The average Bonchev–Trinajstić information content (AvgIpc) is 3.30. The molecule has 1 aromatic carbocycles. The third-order valence-corrected chi connectivity index (χ3v) is 6.70. The fourth-order valence-electron chi connectivity index (χ4n) is 5.25. The number of nitrogens with zero attached hydrogens (tertiary/aromatic N) is 2. The summed E-state index contributed by atoms with van der Waals surface area (Å²) in [6, 6.07) is 9.71. The van der Waals surface area contributed by atoms with E-state index in [-0.39, 0.29) is 0 Å². The van der Waals surface area contributed by atoms with Crippen LogP contribution >= 0.6 is 0 Å². The van der Waals surface area contributed by atoms with Gasteiger partial charge in [0.25, 0.3) is 0 Å². The van der Waals surface area contributed by atoms with Crippen LogP contribution in [0.5, 0.6) is 0 Å². The number of likely N-dealkylation sites (tertiary alicyclic amines) is 2. The molecule has 0 spiro atoms. The van der Waals surface area contributed by atoms with Gasteiger partial charge in [0, 0.05) is 19.6 Å². The van der Waals surface area contributed by atoms with Crippen molar-refractivity contribution in [3.63, 3.8) is 0 Å². The first-order valence-electron chi connectivity index (χ1n) is 9.87. The highest BCUT2D eigenvalue weighted by atomic mass is 15.2. The fourth-order valence-corrected chi connectivity index (χ4v) is 5.25. The Morgan fingerprint density at radius 1 is 0.957 bits per heavy atom. The molecule has 3 aliphatic rings. The second-order valence-electron chi connectivity index (χ2n) is 8.00. The maximum Gasteiger partial charge on any atom is 0.00218 e. The molecule has 4 rings (SSSR count). The Kier molecular flexibility index (Phi) is 4.73. The average molecular weight is 313 g/mol. The van der Waals surface area contributed by atoms with Crippen LogP contribution in [0.15, 0.2) is 24.3 Å². The molecule has 0 N–H and O–H groups in total. The summed E-state index contributed by atoms with van der Waals surface area (Å²) in [5, 5.41) is 0. The van der Waals surface area contributed by atoms with Gasteiger partial charge in [-0.25, -0.2) is 0 Å². The van der Waals surface area contributed by atoms with Crippen LogP contribution in [0.4, 0.5) is 0 Å². The SMILES string of the molecule is CCN1CC2CCC(c3ccc(CCN4CCCC4)cc3)C2C1. The smallest absolute Gasteiger partial charge is 0.00218 e. The van der Waals surface area contributed by atoms with Crippen molar-refractivity contribution >= 4 is 0 Å². The Morgan fingerprint density at radius 3 is 2.48 bits per heavy atom. The van der Waals surface area contributed by atoms with Gasteiger partial charge in [0.1, 0.15) is 0 Å². The summed E-state index contributed by atoms with van der Waals surface area (Å²) in [7, 11) is 0. The lowest BCUT2D eigenvalue weighted by atomic mass is 9.86. The molecule has 126 valence electrons. The van der Waals surface area contributed by atoms with Crippen molar-refractivity contribution in [2.75, 3.05) is 39.3 Å². The van der Waals surface area contributed by atoms with Crippen LogP contribution in [0, 0.1) is 11.8 Å². The van der Waals surface area contributed by atoms with Crippen molar-refractivity contribution in [3.8, 4) is 0 Å². The molecule has 1 aromatic rings. The summed E-state index contributed by atoms with van der Waals surface area (Å²) in [5.74, 6) is 2.71. The Labute approximate surface area is 141 Å². The Hall–Kier alpha value is -0.860. The van der Waals surface area contributed by atoms with Gasteiger partial charge in [-0.2, -0.15) is 0 Å². The molecule has 0 radical (unpaired) electrons. The lowest BCUT2D eigenvalue weighted by Gasteiger charge is -2.21. The molecule has 2 nitrogen and oxygen atoms in total. The van der Waals surface area contributed by atoms with Gasteiger partial charge in [-0.1, -0.05) is 31.2 Å². The summed E-state index contributed by atoms with van der Waals surface area (Å²) in [6.45, 7) is 10.1. The van der Waals surface area contributed by atoms with E-state index in [1.807, 2.05) is 0 Å². The van der Waals surface area contributed by atoms with E-state index in [9.17, 15) is 0 Å². The van der Waals surface area contributed by atoms with E-state index in [0.717, 1.165) is 17.8 Å². The first-order chi connectivity index (χ1) is 11.3. The second kappa shape index (κ2) is 6.94. The van der Waals surface area contributed by atoms with Crippen molar-refractivity contribution < 1.29 is 0 Å². The quantitative estimate of drug-likeness (QED) is 0.816. The molecule has 0 amide bonds. The molecule has 2 aliphatic heterocycles. The first kappa shape index (κ1) is 15.7. The molecular formula is C21H32N2. The van der Waals surface area contributed by atoms with Crippen molar-refractivity contribution in [1.29, 1.82) is 0 Å². The Balaban J connectivity index is 1.36. The van der Waals surface area contributed by atoms with Gasteiger partial charge in [0.15, 0.2) is 0 Å². The van der Waals surface area contributed by atoms with E-state index in [2.05, 4.69) is 41.0 Å². The first-order valence-corrected chi connectivity index (χ1v) is 9.87. The molecular weight excluding hydrogens is 280 g/mol. The molecule has 3 atom stereocenters. The minimum Gasteiger partial charge on any atom is -0.303 e. The lowest BCUT2D eigenvalue weighted by Crippen LogP contribution is -2.22. The van der Waals surface area contributed by atoms with E-state index in [1.165, 1.54) is 76.9 Å². The van der Waals surface area contributed by atoms with E-state index in [4.69, 9.17) is 0 Å². The van der Waals surface area contributed by atoms with Crippen LogP contribution in [0.3, 0.4) is 0 Å². The van der Waals surface area contributed by atoms with E-state index >= 15 is 0 Å². The predicted molar refractivity (Wildman–Crippen MR) is 96.9 cm³/mol. The zero-order valence-electron chi connectivity index (χ0n) is 14.7. The number of fused-ring (bicyclic) bond motifs is 1. The van der Waals surface area contributed by atoms with Gasteiger partial charge >= 0.3 is 0 Å². The maximum atomic E-state index is 2.66. The largest absolute Gasteiger partial charge is 0.303 e. The molecule has 1 aliphatic carbocycles. The summed E-state index contributed by atoms with van der Waals surface area (Å²) in [4.78, 5) is 5.28. The lowest BCUT2D eigenvalue weighted by molar-refractivity contribution is 0.321. The summed E-state index contributed by atoms with van der Waals surface area (Å²) >= 11 is 0. The molecule has 23 heavy (non-hydrogen) atoms. The van der Waals surface area contributed by atoms with Crippen LogP contribution in [0.1, 0.15) is 49.7 Å². The van der Waals surface area contributed by atoms with Gasteiger partial charge in [-0.05, 0) is 80.6 Å². The van der Waals surface area contributed by atoms with Gasteiger partial charge in [0.2, 0.25) is 0 Å². The molecule has 1 saturated carbocycles. The highest BCUT2D eigenvalue weighted by Gasteiger charge is 2.42. The summed E-state index contributed by atoms with van der Waals surface area (Å²) in [6.07, 6.45) is 6.89. The van der Waals surface area contributed by atoms with E-state index in [1.54, 1.807) is 5.56 Å². The fraction of sp³-hybridized carbons (Fsp3) is 0.714. The van der Waals surface area contributed by atoms with Gasteiger partial charge < -0.3 is 9.80 Å². The molecule has 2 heteroatoms. The number of hydrogen-bond acceptors (Lipinski definition) is 2. The Bertz CT molecular complexity index is 503. The second-order valence-corrected chi connectivity index (χ2v) is 8.00. The molecule has 2 heterocycles. The van der Waals surface area contributed by atoms with Gasteiger partial charge in [-0.15, -0.1) is 0 Å². The maximum absolute atomic E-state index is 2.66. The topological polar surface area (TPSA) is 6.48 Å². The molecule has 3 fully saturated rings. The number of rotatable bonds is 5. The zero-order valence-corrected chi connectivity index (χ0v) is 14.7. The molecule has 3 unspecified atom stereocenters. The van der Waals surface area contributed by atoms with Crippen LogP contribution in [0.2, 0.25) is 0 Å². The molecule has 2 saturated heterocycles. The number of benzene rings is 1. The molecule has 0 bridgehead atoms. The summed E-state index contributed by atoms with van der Waals surface area (Å²) in [5.41, 5.74) is 3.14. The van der Waals surface area contributed by atoms with Crippen LogP contribution in [-0.4, -0.2) is 49.1 Å². The van der Waals surface area contributed by atoms with E-state index in [0.29, 0.717) is 0 Å². The van der Waals surface area contributed by atoms with Crippen molar-refractivity contribution in [1.82, 2.24) is 9.80 Å². The van der Waals surface area contributed by atoms with Crippen molar-refractivity contribution in [2.45, 2.75) is 44.9 Å². The van der Waals surface area contributed by atoms with E-state index < -0.39 is 0 Å². The zero-order chi connectivity index (χ0) is 15.6. The van der Waals surface area contributed by atoms with Gasteiger partial charge in [0.05, 0.1) is 0 Å². The third-order valence-electron chi connectivity index (χ3n) is 6.70. The summed E-state index contributed by atoms with van der Waals surface area (Å²) < 4.78 is 0. The van der Waals surface area contributed by atoms with Crippen molar-refractivity contribution in [2.24, 2.45) is 11.8 Å². The predicted octanol–water partition coefficient (Wildman–Crippen LogP) is 3.77. The van der Waals surface area contributed by atoms with Crippen LogP contribution in [-0.2, 0) is 6.42 Å². The van der Waals surface area contributed by atoms with Crippen molar-refractivity contribution in [3.05, 3.63) is 35.4 Å². The minimum absolute atomic E-state index is 0.823. The monoisotopic (exact) mass is 312 g/mol. The number of hydrogen-bond donors (Lipinski definition) is 0. The minimum atomic E-state index is 0.823. The normalized spacial score (nSPS) is 31.8. The molecule has 0 aromatic heterocycles. The standard InChI is InChI=1S/C21H32N2/c1-2-22-15-19-9-10-20(21(19)16-22)18-7-5-17(6-8-18)11-14-23-12-3-4-13-23/h5-8,19-21H,2-4,9-16H2,1H3. The van der Waals surface area contributed by atoms with Crippen LogP contribution < -0.4 is 0 Å². The highest BCUT2D eigenvalue weighted by molar-refractivity contribution is 5.28.